The average Bonchev–Trinajstić information content (AvgIpc) is 2.77. The van der Waals surface area contributed by atoms with Crippen LogP contribution in [-0.4, -0.2) is 20.9 Å². The number of aryl methyl sites for hydroxylation is 1. The first kappa shape index (κ1) is 11.5. The summed E-state index contributed by atoms with van der Waals surface area (Å²) in [5, 5.41) is 14.5. The number of carboxylic acids is 1. The van der Waals surface area contributed by atoms with Crippen molar-refractivity contribution in [3.05, 3.63) is 59.8 Å². The quantitative estimate of drug-likeness (QED) is 0.762. The highest BCUT2D eigenvalue weighted by atomic mass is 16.4. The van der Waals surface area contributed by atoms with E-state index in [1.165, 1.54) is 0 Å². The number of hydrogen-bond donors (Lipinski definition) is 1. The maximum Gasteiger partial charge on any atom is 0.335 e. The summed E-state index contributed by atoms with van der Waals surface area (Å²) < 4.78 is 1.74. The highest BCUT2D eigenvalue weighted by Crippen LogP contribution is 2.21. The highest BCUT2D eigenvalue weighted by Gasteiger charge is 2.10. The van der Waals surface area contributed by atoms with Gasteiger partial charge in [-0.1, -0.05) is 18.2 Å². The van der Waals surface area contributed by atoms with Gasteiger partial charge in [0, 0.05) is 5.39 Å². The molecule has 0 atom stereocenters. The van der Waals surface area contributed by atoms with Crippen LogP contribution in [0, 0.1) is 13.0 Å². The first-order valence-corrected chi connectivity index (χ1v) is 5.86. The molecule has 1 radical (unpaired) electrons. The Balaban J connectivity index is 2.25. The first-order valence-electron chi connectivity index (χ1n) is 5.86. The van der Waals surface area contributed by atoms with Crippen LogP contribution in [0.2, 0.25) is 0 Å². The lowest BCUT2D eigenvalue weighted by Crippen LogP contribution is -2.01. The minimum Gasteiger partial charge on any atom is -0.478 e. The lowest BCUT2D eigenvalue weighted by atomic mass is 10.2. The van der Waals surface area contributed by atoms with Crippen LogP contribution in [0.15, 0.2) is 42.5 Å². The van der Waals surface area contributed by atoms with Crippen molar-refractivity contribution in [2.75, 3.05) is 0 Å². The van der Waals surface area contributed by atoms with Crippen LogP contribution in [0.3, 0.4) is 0 Å². The third kappa shape index (κ3) is 1.87. The number of aromatic nitrogens is 2. The predicted octanol–water partition coefficient (Wildman–Crippen LogP) is 2.83. The molecule has 4 nitrogen and oxygen atoms in total. The molecule has 0 amide bonds. The Morgan fingerprint density at radius 2 is 2.21 bits per heavy atom. The van der Waals surface area contributed by atoms with E-state index in [1.54, 1.807) is 22.9 Å². The van der Waals surface area contributed by atoms with Gasteiger partial charge in [0.25, 0.3) is 0 Å². The summed E-state index contributed by atoms with van der Waals surface area (Å²) in [4.78, 5) is 11.0. The number of benzene rings is 2. The molecule has 0 fully saturated rings. The molecule has 0 saturated heterocycles. The Bertz CT molecular complexity index is 775. The summed E-state index contributed by atoms with van der Waals surface area (Å²) in [7, 11) is 0. The lowest BCUT2D eigenvalue weighted by molar-refractivity contribution is 0.0697. The molecule has 93 valence electrons. The van der Waals surface area contributed by atoms with Gasteiger partial charge in [-0.3, -0.25) is 0 Å². The number of rotatable bonds is 2. The molecular weight excluding hydrogens is 240 g/mol. The van der Waals surface area contributed by atoms with Crippen LogP contribution in [0.25, 0.3) is 16.6 Å². The highest BCUT2D eigenvalue weighted by molar-refractivity contribution is 5.89. The SMILES string of the molecule is Cc1nn(-c2cccc(C(=O)O)c2)c2c[c]ccc12. The second kappa shape index (κ2) is 4.24. The van der Waals surface area contributed by atoms with Crippen molar-refractivity contribution in [3.63, 3.8) is 0 Å². The monoisotopic (exact) mass is 251 g/mol. The van der Waals surface area contributed by atoms with Gasteiger partial charge in [-0.05, 0) is 37.3 Å². The summed E-state index contributed by atoms with van der Waals surface area (Å²) in [6, 6.07) is 15.4. The molecule has 0 aliphatic carbocycles. The van der Waals surface area contributed by atoms with Gasteiger partial charge >= 0.3 is 5.97 Å². The zero-order valence-electron chi connectivity index (χ0n) is 10.3. The number of hydrogen-bond acceptors (Lipinski definition) is 2. The molecule has 4 heteroatoms. The Labute approximate surface area is 109 Å². The summed E-state index contributed by atoms with van der Waals surface area (Å²) in [6.07, 6.45) is 0. The number of carboxylic acid groups (broad SMARTS) is 1. The molecule has 0 saturated carbocycles. The van der Waals surface area contributed by atoms with Gasteiger partial charge in [0.15, 0.2) is 0 Å². The van der Waals surface area contributed by atoms with E-state index in [0.717, 1.165) is 22.3 Å². The molecule has 3 rings (SSSR count). The van der Waals surface area contributed by atoms with Crippen LogP contribution in [-0.2, 0) is 0 Å². The number of nitrogens with zero attached hydrogens (tertiary/aromatic N) is 2. The van der Waals surface area contributed by atoms with Crippen molar-refractivity contribution in [2.24, 2.45) is 0 Å². The van der Waals surface area contributed by atoms with Gasteiger partial charge in [0.05, 0.1) is 22.5 Å². The van der Waals surface area contributed by atoms with Crippen LogP contribution in [0.5, 0.6) is 0 Å². The van der Waals surface area contributed by atoms with Gasteiger partial charge in [-0.15, -0.1) is 0 Å². The van der Waals surface area contributed by atoms with E-state index in [-0.39, 0.29) is 5.56 Å². The van der Waals surface area contributed by atoms with Gasteiger partial charge in [-0.2, -0.15) is 5.10 Å². The summed E-state index contributed by atoms with van der Waals surface area (Å²) >= 11 is 0. The smallest absolute Gasteiger partial charge is 0.335 e. The van der Waals surface area contributed by atoms with E-state index >= 15 is 0 Å². The van der Waals surface area contributed by atoms with Crippen molar-refractivity contribution in [2.45, 2.75) is 6.92 Å². The van der Waals surface area contributed by atoms with Crippen molar-refractivity contribution in [1.82, 2.24) is 9.78 Å². The van der Waals surface area contributed by atoms with Gasteiger partial charge in [-0.25, -0.2) is 9.48 Å². The Kier molecular flexibility index (Phi) is 2.56. The summed E-state index contributed by atoms with van der Waals surface area (Å²) in [6.45, 7) is 1.93. The molecule has 1 N–H and O–H groups in total. The largest absolute Gasteiger partial charge is 0.478 e. The lowest BCUT2D eigenvalue weighted by Gasteiger charge is -2.04. The zero-order chi connectivity index (χ0) is 13.4. The van der Waals surface area contributed by atoms with Crippen molar-refractivity contribution in [3.8, 4) is 5.69 Å². The van der Waals surface area contributed by atoms with Crippen molar-refractivity contribution >= 4 is 16.9 Å². The Morgan fingerprint density at radius 1 is 1.37 bits per heavy atom. The molecule has 0 aliphatic rings. The number of carbonyl (C=O) groups is 1. The van der Waals surface area contributed by atoms with Crippen molar-refractivity contribution < 1.29 is 9.90 Å². The topological polar surface area (TPSA) is 55.1 Å². The molecule has 0 bridgehead atoms. The van der Waals surface area contributed by atoms with E-state index in [4.69, 9.17) is 5.11 Å². The number of fused-ring (bicyclic) bond motifs is 1. The third-order valence-corrected chi connectivity index (χ3v) is 3.05. The van der Waals surface area contributed by atoms with Crippen molar-refractivity contribution in [1.29, 1.82) is 0 Å². The van der Waals surface area contributed by atoms with Gasteiger partial charge in [0.1, 0.15) is 0 Å². The maximum absolute atomic E-state index is 11.0. The first-order chi connectivity index (χ1) is 9.16. The fraction of sp³-hybridized carbons (Fsp3) is 0.0667. The maximum atomic E-state index is 11.0. The fourth-order valence-corrected chi connectivity index (χ4v) is 2.13. The van der Waals surface area contributed by atoms with Crippen LogP contribution in [0.4, 0.5) is 0 Å². The molecule has 0 unspecified atom stereocenters. The predicted molar refractivity (Wildman–Crippen MR) is 71.6 cm³/mol. The molecular formula is C15H11N2O2. The normalized spacial score (nSPS) is 10.8. The minimum atomic E-state index is -0.943. The second-order valence-corrected chi connectivity index (χ2v) is 4.30. The molecule has 1 heterocycles. The molecule has 1 aromatic heterocycles. The van der Waals surface area contributed by atoms with Gasteiger partial charge < -0.3 is 5.11 Å². The van der Waals surface area contributed by atoms with Crippen LogP contribution >= 0.6 is 0 Å². The Hall–Kier alpha value is -2.62. The standard InChI is InChI=1S/C15H11N2O2/c1-10-13-7-2-3-8-14(13)17(16-10)12-6-4-5-11(9-12)15(18)19/h2,4-9H,1H3,(H,18,19). The molecule has 2 aromatic carbocycles. The second-order valence-electron chi connectivity index (χ2n) is 4.30. The molecule has 19 heavy (non-hydrogen) atoms. The third-order valence-electron chi connectivity index (χ3n) is 3.05. The Morgan fingerprint density at radius 3 is 3.00 bits per heavy atom. The van der Waals surface area contributed by atoms with Crippen LogP contribution < -0.4 is 0 Å². The fourth-order valence-electron chi connectivity index (χ4n) is 2.13. The zero-order valence-corrected chi connectivity index (χ0v) is 10.3. The number of aromatic carboxylic acids is 1. The van der Waals surface area contributed by atoms with Crippen LogP contribution in [0.1, 0.15) is 16.1 Å². The molecule has 0 aliphatic heterocycles. The van der Waals surface area contributed by atoms with E-state index in [0.29, 0.717) is 0 Å². The summed E-state index contributed by atoms with van der Waals surface area (Å²) in [5.41, 5.74) is 2.81. The van der Waals surface area contributed by atoms with E-state index in [9.17, 15) is 4.79 Å². The van der Waals surface area contributed by atoms with Gasteiger partial charge in [0.2, 0.25) is 0 Å². The van der Waals surface area contributed by atoms with E-state index in [2.05, 4.69) is 11.2 Å². The van der Waals surface area contributed by atoms with E-state index < -0.39 is 5.97 Å². The molecule has 3 aromatic rings. The minimum absolute atomic E-state index is 0.249. The van der Waals surface area contributed by atoms with E-state index in [1.807, 2.05) is 31.2 Å². The summed E-state index contributed by atoms with van der Waals surface area (Å²) in [5.74, 6) is -0.943. The molecule has 0 spiro atoms. The average molecular weight is 251 g/mol.